The Morgan fingerprint density at radius 1 is 1.00 bits per heavy atom. The molecule has 6 heteroatoms. The lowest BCUT2D eigenvalue weighted by molar-refractivity contribution is -0.0156. The van der Waals surface area contributed by atoms with Gasteiger partial charge < -0.3 is 19.1 Å². The number of carbonyl (C=O) groups excluding carboxylic acids is 1. The molecule has 2 aromatic carbocycles. The van der Waals surface area contributed by atoms with Crippen LogP contribution in [0.4, 0.5) is 0 Å². The second-order valence-electron chi connectivity index (χ2n) is 9.42. The molecular formula is C28H38N2O4. The first-order chi connectivity index (χ1) is 16.6. The summed E-state index contributed by atoms with van der Waals surface area (Å²) in [4.78, 5) is 17.9. The Bertz CT molecular complexity index is 963. The molecule has 0 saturated carbocycles. The van der Waals surface area contributed by atoms with Gasteiger partial charge in [0.25, 0.3) is 5.91 Å². The molecule has 1 fully saturated rings. The number of hydrogen-bond donors (Lipinski definition) is 0. The van der Waals surface area contributed by atoms with Gasteiger partial charge in [-0.3, -0.25) is 9.69 Å². The molecule has 2 heterocycles. The van der Waals surface area contributed by atoms with Crippen molar-refractivity contribution in [3.8, 4) is 11.5 Å². The summed E-state index contributed by atoms with van der Waals surface area (Å²) in [6, 6.07) is 14.1. The summed E-state index contributed by atoms with van der Waals surface area (Å²) in [5.41, 5.74) is 3.25. The number of fused-ring (bicyclic) bond motifs is 3. The third-order valence-corrected chi connectivity index (χ3v) is 7.21. The van der Waals surface area contributed by atoms with Crippen molar-refractivity contribution in [1.29, 1.82) is 0 Å². The zero-order chi connectivity index (χ0) is 23.9. The van der Waals surface area contributed by atoms with E-state index in [1.807, 2.05) is 35.2 Å². The van der Waals surface area contributed by atoms with Crippen molar-refractivity contribution in [3.63, 3.8) is 0 Å². The number of nitrogens with zero attached hydrogens (tertiary/aromatic N) is 2. The first-order valence-electron chi connectivity index (χ1n) is 12.5. The van der Waals surface area contributed by atoms with Gasteiger partial charge in [-0.05, 0) is 80.6 Å². The Labute approximate surface area is 203 Å². The predicted octanol–water partition coefficient (Wildman–Crippen LogP) is 4.69. The van der Waals surface area contributed by atoms with Gasteiger partial charge in [0.1, 0.15) is 18.1 Å². The van der Waals surface area contributed by atoms with Crippen LogP contribution in [0, 0.1) is 6.92 Å². The van der Waals surface area contributed by atoms with E-state index in [4.69, 9.17) is 14.2 Å². The highest BCUT2D eigenvalue weighted by atomic mass is 16.5. The summed E-state index contributed by atoms with van der Waals surface area (Å²) in [6.45, 7) is 6.23. The molecule has 6 nitrogen and oxygen atoms in total. The van der Waals surface area contributed by atoms with Crippen LogP contribution in [-0.2, 0) is 11.3 Å². The number of carbonyl (C=O) groups is 1. The van der Waals surface area contributed by atoms with Crippen molar-refractivity contribution < 1.29 is 19.0 Å². The Kier molecular flexibility index (Phi) is 8.46. The summed E-state index contributed by atoms with van der Waals surface area (Å²) >= 11 is 0. The molecule has 2 atom stereocenters. The SMILES string of the molecule is COc1ccc(CN2CCCC[C@@H]3[C@H](OC)CCCN3C(=O)c3cccc(c3)OCC2)c(C)c1. The average Bonchev–Trinajstić information content (AvgIpc) is 2.86. The van der Waals surface area contributed by atoms with Crippen LogP contribution in [0.3, 0.4) is 0 Å². The lowest BCUT2D eigenvalue weighted by atomic mass is 9.93. The topological polar surface area (TPSA) is 51.2 Å². The molecular weight excluding hydrogens is 428 g/mol. The van der Waals surface area contributed by atoms with Crippen molar-refractivity contribution in [2.24, 2.45) is 0 Å². The van der Waals surface area contributed by atoms with Crippen LogP contribution in [0.25, 0.3) is 0 Å². The molecule has 1 amide bonds. The number of benzene rings is 2. The highest BCUT2D eigenvalue weighted by Crippen LogP contribution is 2.27. The maximum atomic E-state index is 13.4. The zero-order valence-corrected chi connectivity index (χ0v) is 20.8. The number of amides is 1. The van der Waals surface area contributed by atoms with Gasteiger partial charge in [-0.2, -0.15) is 0 Å². The predicted molar refractivity (Wildman–Crippen MR) is 134 cm³/mol. The van der Waals surface area contributed by atoms with E-state index in [0.29, 0.717) is 12.2 Å². The fourth-order valence-corrected chi connectivity index (χ4v) is 5.24. The number of hydrogen-bond acceptors (Lipinski definition) is 5. The van der Waals surface area contributed by atoms with E-state index in [2.05, 4.69) is 24.0 Å². The molecule has 34 heavy (non-hydrogen) atoms. The van der Waals surface area contributed by atoms with E-state index in [-0.39, 0.29) is 18.1 Å². The van der Waals surface area contributed by atoms with Crippen LogP contribution < -0.4 is 9.47 Å². The Hall–Kier alpha value is -2.57. The molecule has 2 aromatic rings. The number of aryl methyl sites for hydroxylation is 1. The van der Waals surface area contributed by atoms with E-state index in [9.17, 15) is 4.79 Å². The van der Waals surface area contributed by atoms with E-state index in [1.54, 1.807) is 14.2 Å². The molecule has 0 aliphatic carbocycles. The number of methoxy groups -OCH3 is 2. The number of piperidine rings is 1. The normalized spacial score (nSPS) is 22.4. The maximum Gasteiger partial charge on any atom is 0.254 e. The molecule has 0 aromatic heterocycles. The monoisotopic (exact) mass is 466 g/mol. The van der Waals surface area contributed by atoms with Gasteiger partial charge in [0.2, 0.25) is 0 Å². The Morgan fingerprint density at radius 3 is 2.68 bits per heavy atom. The van der Waals surface area contributed by atoms with Crippen molar-refractivity contribution in [2.45, 2.75) is 57.7 Å². The Balaban J connectivity index is 1.53. The van der Waals surface area contributed by atoms with Crippen molar-refractivity contribution in [1.82, 2.24) is 9.80 Å². The molecule has 2 bridgehead atoms. The van der Waals surface area contributed by atoms with Crippen LogP contribution in [0.5, 0.6) is 11.5 Å². The van der Waals surface area contributed by atoms with Gasteiger partial charge in [0, 0.05) is 32.3 Å². The van der Waals surface area contributed by atoms with Gasteiger partial charge in [-0.25, -0.2) is 0 Å². The van der Waals surface area contributed by atoms with Gasteiger partial charge in [0.15, 0.2) is 0 Å². The zero-order valence-electron chi connectivity index (χ0n) is 20.8. The molecule has 1 saturated heterocycles. The first kappa shape index (κ1) is 24.6. The third kappa shape index (κ3) is 5.91. The quantitative estimate of drug-likeness (QED) is 0.654. The molecule has 2 aliphatic heterocycles. The fraction of sp³-hybridized carbons (Fsp3) is 0.536. The van der Waals surface area contributed by atoms with Crippen molar-refractivity contribution >= 4 is 5.91 Å². The van der Waals surface area contributed by atoms with Gasteiger partial charge in [-0.15, -0.1) is 0 Å². The molecule has 2 aliphatic rings. The summed E-state index contributed by atoms with van der Waals surface area (Å²) < 4.78 is 17.3. The summed E-state index contributed by atoms with van der Waals surface area (Å²) in [5.74, 6) is 1.73. The van der Waals surface area contributed by atoms with Gasteiger partial charge in [0.05, 0.1) is 19.3 Å². The van der Waals surface area contributed by atoms with Crippen LogP contribution >= 0.6 is 0 Å². The minimum absolute atomic E-state index is 0.0888. The molecule has 4 rings (SSSR count). The summed E-state index contributed by atoms with van der Waals surface area (Å²) in [5, 5.41) is 0. The minimum atomic E-state index is 0.0888. The van der Waals surface area contributed by atoms with Gasteiger partial charge in [-0.1, -0.05) is 18.6 Å². The lowest BCUT2D eigenvalue weighted by Crippen LogP contribution is -2.51. The molecule has 0 spiro atoms. The lowest BCUT2D eigenvalue weighted by Gasteiger charge is -2.41. The second-order valence-corrected chi connectivity index (χ2v) is 9.42. The summed E-state index contributed by atoms with van der Waals surface area (Å²) in [6.07, 6.45) is 5.20. The van der Waals surface area contributed by atoms with E-state index in [0.717, 1.165) is 69.8 Å². The maximum absolute atomic E-state index is 13.4. The van der Waals surface area contributed by atoms with E-state index < -0.39 is 0 Å². The van der Waals surface area contributed by atoms with Crippen molar-refractivity contribution in [2.75, 3.05) is 40.5 Å². The molecule has 0 unspecified atom stereocenters. The average molecular weight is 467 g/mol. The van der Waals surface area contributed by atoms with Crippen LogP contribution in [0.2, 0.25) is 0 Å². The summed E-state index contributed by atoms with van der Waals surface area (Å²) in [7, 11) is 3.48. The molecule has 0 N–H and O–H groups in total. The third-order valence-electron chi connectivity index (χ3n) is 7.21. The number of ether oxygens (including phenoxy) is 3. The number of rotatable bonds is 4. The van der Waals surface area contributed by atoms with E-state index in [1.165, 1.54) is 11.1 Å². The van der Waals surface area contributed by atoms with Crippen LogP contribution in [0.15, 0.2) is 42.5 Å². The van der Waals surface area contributed by atoms with Crippen LogP contribution in [0.1, 0.15) is 53.6 Å². The minimum Gasteiger partial charge on any atom is -0.497 e. The van der Waals surface area contributed by atoms with Crippen molar-refractivity contribution in [3.05, 3.63) is 59.2 Å². The Morgan fingerprint density at radius 2 is 1.88 bits per heavy atom. The van der Waals surface area contributed by atoms with Crippen LogP contribution in [-0.4, -0.2) is 68.3 Å². The highest BCUT2D eigenvalue weighted by Gasteiger charge is 2.34. The molecule has 0 radical (unpaired) electrons. The standard InChI is InChI=1S/C28H38N2O4/c1-21-18-24(32-2)13-12-23(21)20-29-14-5-4-10-26-27(33-3)11-7-15-30(26)28(31)22-8-6-9-25(19-22)34-17-16-29/h6,8-9,12-13,18-19,26-27H,4-5,7,10-11,14-17,20H2,1-3H3/t26-,27-/m1/s1. The second kappa shape index (κ2) is 11.7. The highest BCUT2D eigenvalue weighted by molar-refractivity contribution is 5.95. The smallest absolute Gasteiger partial charge is 0.254 e. The van der Waals surface area contributed by atoms with E-state index >= 15 is 0 Å². The van der Waals surface area contributed by atoms with Gasteiger partial charge >= 0.3 is 0 Å². The fourth-order valence-electron chi connectivity index (χ4n) is 5.24. The molecule has 184 valence electrons. The largest absolute Gasteiger partial charge is 0.497 e. The first-order valence-corrected chi connectivity index (χ1v) is 12.5.